The van der Waals surface area contributed by atoms with E-state index in [-0.39, 0.29) is 19.4 Å². The zero-order valence-electron chi connectivity index (χ0n) is 9.70. The number of aliphatic carboxylic acids is 1. The maximum Gasteiger partial charge on any atom is 0.325 e. The molecule has 0 aliphatic carbocycles. The molecule has 6 heteroatoms. The van der Waals surface area contributed by atoms with Crippen LogP contribution in [-0.2, 0) is 19.1 Å². The summed E-state index contributed by atoms with van der Waals surface area (Å²) >= 11 is 0. The summed E-state index contributed by atoms with van der Waals surface area (Å²) in [6.07, 6.45) is -0.391. The van der Waals surface area contributed by atoms with Crippen molar-refractivity contribution >= 4 is 17.8 Å². The summed E-state index contributed by atoms with van der Waals surface area (Å²) in [6.45, 7) is 4.92. The van der Waals surface area contributed by atoms with Crippen molar-refractivity contribution in [3.8, 4) is 0 Å². The highest BCUT2D eigenvalue weighted by atomic mass is 16.6. The molecule has 6 nitrogen and oxygen atoms in total. The van der Waals surface area contributed by atoms with Crippen LogP contribution in [0.15, 0.2) is 0 Å². The molecule has 0 bridgehead atoms. The summed E-state index contributed by atoms with van der Waals surface area (Å²) in [5.74, 6) is -2.07. The monoisotopic (exact) mass is 231 g/mol. The van der Waals surface area contributed by atoms with Gasteiger partial charge in [0.15, 0.2) is 0 Å². The van der Waals surface area contributed by atoms with Gasteiger partial charge in [-0.2, -0.15) is 0 Å². The Bertz CT molecular complexity index is 279. The Balaban J connectivity index is 3.76. The van der Waals surface area contributed by atoms with Crippen LogP contribution in [0.25, 0.3) is 0 Å². The lowest BCUT2D eigenvalue weighted by atomic mass is 10.2. The van der Waals surface area contributed by atoms with Crippen LogP contribution in [0.5, 0.6) is 0 Å². The van der Waals surface area contributed by atoms with Crippen LogP contribution < -0.4 is 5.32 Å². The zero-order chi connectivity index (χ0) is 12.8. The second-order valence-electron chi connectivity index (χ2n) is 4.26. The summed E-state index contributed by atoms with van der Waals surface area (Å²) in [4.78, 5) is 32.3. The highest BCUT2D eigenvalue weighted by molar-refractivity contribution is 5.84. The maximum absolute atomic E-state index is 11.1. The van der Waals surface area contributed by atoms with Gasteiger partial charge in [0.1, 0.15) is 12.1 Å². The van der Waals surface area contributed by atoms with Gasteiger partial charge in [-0.05, 0) is 20.8 Å². The number of carboxylic acid groups (broad SMARTS) is 1. The van der Waals surface area contributed by atoms with Crippen LogP contribution in [0.4, 0.5) is 0 Å². The van der Waals surface area contributed by atoms with E-state index < -0.39 is 23.4 Å². The molecule has 0 rings (SSSR count). The van der Waals surface area contributed by atoms with E-state index in [2.05, 4.69) is 5.32 Å². The molecule has 0 aliphatic heterocycles. The van der Waals surface area contributed by atoms with Gasteiger partial charge in [-0.15, -0.1) is 0 Å². The molecule has 0 aromatic rings. The number of carbonyl (C=O) groups is 3. The zero-order valence-corrected chi connectivity index (χ0v) is 9.70. The van der Waals surface area contributed by atoms with Crippen molar-refractivity contribution in [3.05, 3.63) is 0 Å². The lowest BCUT2D eigenvalue weighted by Gasteiger charge is -2.19. The minimum atomic E-state index is -1.05. The molecule has 0 saturated heterocycles. The molecule has 0 spiro atoms. The Morgan fingerprint density at radius 2 is 1.75 bits per heavy atom. The molecule has 0 fully saturated rings. The van der Waals surface area contributed by atoms with Gasteiger partial charge < -0.3 is 15.2 Å². The third-order valence-corrected chi connectivity index (χ3v) is 1.42. The Kier molecular flexibility index (Phi) is 5.49. The number of hydrogen-bond donors (Lipinski definition) is 2. The van der Waals surface area contributed by atoms with E-state index in [9.17, 15) is 14.4 Å². The second kappa shape index (κ2) is 6.09. The van der Waals surface area contributed by atoms with E-state index in [4.69, 9.17) is 9.84 Å². The molecule has 2 N–H and O–H groups in total. The van der Waals surface area contributed by atoms with E-state index >= 15 is 0 Å². The van der Waals surface area contributed by atoms with Crippen LogP contribution >= 0.6 is 0 Å². The lowest BCUT2D eigenvalue weighted by Crippen LogP contribution is -2.34. The van der Waals surface area contributed by atoms with Crippen LogP contribution in [-0.4, -0.2) is 35.1 Å². The first-order valence-corrected chi connectivity index (χ1v) is 4.91. The molecule has 1 amide bonds. The molecule has 0 unspecified atom stereocenters. The van der Waals surface area contributed by atoms with Gasteiger partial charge in [-0.1, -0.05) is 0 Å². The molecule has 0 atom stereocenters. The molecular weight excluding hydrogens is 214 g/mol. The summed E-state index contributed by atoms with van der Waals surface area (Å²) in [6, 6.07) is 0. The average Bonchev–Trinajstić information content (AvgIpc) is 2.08. The van der Waals surface area contributed by atoms with E-state index in [1.807, 2.05) is 0 Å². The second-order valence-corrected chi connectivity index (χ2v) is 4.26. The Morgan fingerprint density at radius 1 is 1.19 bits per heavy atom. The van der Waals surface area contributed by atoms with Gasteiger partial charge >= 0.3 is 11.9 Å². The highest BCUT2D eigenvalue weighted by Gasteiger charge is 2.16. The van der Waals surface area contributed by atoms with Crippen LogP contribution in [0.1, 0.15) is 33.6 Å². The third kappa shape index (κ3) is 8.98. The molecule has 0 aromatic heterocycles. The Morgan fingerprint density at radius 3 is 2.19 bits per heavy atom. The van der Waals surface area contributed by atoms with Crippen molar-refractivity contribution in [1.29, 1.82) is 0 Å². The fraction of sp³-hybridized carbons (Fsp3) is 0.700. The highest BCUT2D eigenvalue weighted by Crippen LogP contribution is 2.06. The number of ether oxygens (including phenoxy) is 1. The van der Waals surface area contributed by atoms with Crippen molar-refractivity contribution < 1.29 is 24.2 Å². The van der Waals surface area contributed by atoms with E-state index in [1.54, 1.807) is 20.8 Å². The van der Waals surface area contributed by atoms with Gasteiger partial charge in [-0.25, -0.2) is 0 Å². The topological polar surface area (TPSA) is 92.7 Å². The van der Waals surface area contributed by atoms with Crippen molar-refractivity contribution in [3.63, 3.8) is 0 Å². The van der Waals surface area contributed by atoms with E-state index in [1.165, 1.54) is 0 Å². The Labute approximate surface area is 94.0 Å². The molecular formula is C10H17NO5. The van der Waals surface area contributed by atoms with E-state index in [0.717, 1.165) is 0 Å². The van der Waals surface area contributed by atoms with Crippen LogP contribution in [0.3, 0.4) is 0 Å². The molecule has 0 aliphatic rings. The van der Waals surface area contributed by atoms with Crippen molar-refractivity contribution in [2.45, 2.75) is 39.2 Å². The molecule has 0 aromatic carbocycles. The number of amides is 1. The number of rotatable bonds is 5. The van der Waals surface area contributed by atoms with Crippen LogP contribution in [0, 0.1) is 0 Å². The quantitative estimate of drug-likeness (QED) is 0.664. The summed E-state index contributed by atoms with van der Waals surface area (Å²) < 4.78 is 4.94. The van der Waals surface area contributed by atoms with Gasteiger partial charge in [0.05, 0.1) is 6.42 Å². The number of carbonyl (C=O) groups excluding carboxylic acids is 2. The van der Waals surface area contributed by atoms with Crippen molar-refractivity contribution in [2.24, 2.45) is 0 Å². The molecule has 92 valence electrons. The number of nitrogens with one attached hydrogen (secondary N) is 1. The minimum absolute atomic E-state index is 0.141. The first kappa shape index (κ1) is 14.4. The molecule has 0 saturated carbocycles. The fourth-order valence-electron chi connectivity index (χ4n) is 0.857. The molecule has 0 heterocycles. The lowest BCUT2D eigenvalue weighted by molar-refractivity contribution is -0.154. The third-order valence-electron chi connectivity index (χ3n) is 1.42. The normalized spacial score (nSPS) is 10.7. The van der Waals surface area contributed by atoms with Crippen molar-refractivity contribution in [2.75, 3.05) is 6.54 Å². The van der Waals surface area contributed by atoms with Gasteiger partial charge in [0, 0.05) is 6.42 Å². The maximum atomic E-state index is 11.1. The smallest absolute Gasteiger partial charge is 0.325 e. The summed E-state index contributed by atoms with van der Waals surface area (Å²) in [5, 5.41) is 10.6. The van der Waals surface area contributed by atoms with Crippen LogP contribution in [0.2, 0.25) is 0 Å². The molecule has 0 radical (unpaired) electrons. The largest absolute Gasteiger partial charge is 0.481 e. The first-order valence-electron chi connectivity index (χ1n) is 4.91. The predicted octanol–water partition coefficient (Wildman–Crippen LogP) is 0.309. The first-order chi connectivity index (χ1) is 7.20. The predicted molar refractivity (Wildman–Crippen MR) is 55.7 cm³/mol. The number of hydrogen-bond acceptors (Lipinski definition) is 4. The number of carboxylic acids is 1. The standard InChI is InChI=1S/C10H17NO5/c1-10(2,3)16-9(15)6-11-7(12)4-5-8(13)14/h4-6H2,1-3H3,(H,11,12)(H,13,14). The average molecular weight is 231 g/mol. The summed E-state index contributed by atoms with van der Waals surface area (Å²) in [5.41, 5.74) is -0.594. The Hall–Kier alpha value is -1.59. The fourth-order valence-corrected chi connectivity index (χ4v) is 0.857. The van der Waals surface area contributed by atoms with Crippen molar-refractivity contribution in [1.82, 2.24) is 5.32 Å². The van der Waals surface area contributed by atoms with Gasteiger partial charge in [-0.3, -0.25) is 14.4 Å². The van der Waals surface area contributed by atoms with E-state index in [0.29, 0.717) is 0 Å². The number of esters is 1. The SMILES string of the molecule is CC(C)(C)OC(=O)CNC(=O)CCC(=O)O. The van der Waals surface area contributed by atoms with Gasteiger partial charge in [0.2, 0.25) is 5.91 Å². The summed E-state index contributed by atoms with van der Waals surface area (Å²) in [7, 11) is 0. The molecule has 16 heavy (non-hydrogen) atoms. The minimum Gasteiger partial charge on any atom is -0.481 e. The van der Waals surface area contributed by atoms with Gasteiger partial charge in [0.25, 0.3) is 0 Å².